The number of hydrogen-bond acceptors (Lipinski definition) is 11. The molecule has 186 valence electrons. The maximum Gasteiger partial charge on any atom is 0.347 e. The summed E-state index contributed by atoms with van der Waals surface area (Å²) in [5, 5.41) is 16.0. The van der Waals surface area contributed by atoms with Crippen LogP contribution in [-0.4, -0.2) is 68.1 Å². The summed E-state index contributed by atoms with van der Waals surface area (Å²) in [7, 11) is 1.47. The van der Waals surface area contributed by atoms with Gasteiger partial charge in [0.15, 0.2) is 5.13 Å². The van der Waals surface area contributed by atoms with Gasteiger partial charge in [0.25, 0.3) is 0 Å². The predicted molar refractivity (Wildman–Crippen MR) is 133 cm³/mol. The van der Waals surface area contributed by atoms with Crippen molar-refractivity contribution in [3.8, 4) is 0 Å². The molecule has 1 fully saturated rings. The van der Waals surface area contributed by atoms with Crippen LogP contribution in [0.25, 0.3) is 0 Å². The van der Waals surface area contributed by atoms with E-state index in [0.717, 1.165) is 21.2 Å². The van der Waals surface area contributed by atoms with Gasteiger partial charge in [-0.1, -0.05) is 23.5 Å². The fraction of sp³-hybridized carbons (Fsp3) is 0.333. The molecule has 2 aromatic heterocycles. The second kappa shape index (κ2) is 10.9. The quantitative estimate of drug-likeness (QED) is 0.357. The number of carboxylic acid groups (broad SMARTS) is 1. The molecule has 1 unspecified atom stereocenters. The van der Waals surface area contributed by atoms with Crippen molar-refractivity contribution >= 4 is 57.0 Å². The minimum Gasteiger partial charge on any atom is -0.755 e. The molecule has 1 atom stereocenters. The van der Waals surface area contributed by atoms with Gasteiger partial charge in [-0.2, -0.15) is 9.97 Å². The normalized spacial score (nSPS) is 14.4. The van der Waals surface area contributed by atoms with Crippen molar-refractivity contribution in [3.05, 3.63) is 46.5 Å². The van der Waals surface area contributed by atoms with E-state index in [2.05, 4.69) is 30.5 Å². The molecular weight excluding hydrogens is 494 g/mol. The molecule has 1 aromatic carbocycles. The van der Waals surface area contributed by atoms with E-state index in [-0.39, 0.29) is 10.8 Å². The summed E-state index contributed by atoms with van der Waals surface area (Å²) in [6, 6.07) is 8.96. The molecule has 3 N–H and O–H groups in total. The number of rotatable bonds is 9. The fourth-order valence-corrected chi connectivity index (χ4v) is 4.47. The molecule has 0 amide bonds. The van der Waals surface area contributed by atoms with Crippen LogP contribution < -0.4 is 19.8 Å². The molecule has 4 rings (SSSR count). The molecule has 1 aliphatic rings. The van der Waals surface area contributed by atoms with Crippen molar-refractivity contribution in [1.29, 1.82) is 0 Å². The minimum atomic E-state index is -2.34. The summed E-state index contributed by atoms with van der Waals surface area (Å²) < 4.78 is 28.8. The van der Waals surface area contributed by atoms with E-state index in [0.29, 0.717) is 61.0 Å². The highest BCUT2D eigenvalue weighted by molar-refractivity contribution is 7.80. The van der Waals surface area contributed by atoms with Gasteiger partial charge in [-0.15, -0.1) is 0 Å². The van der Waals surface area contributed by atoms with E-state index in [1.807, 2.05) is 18.2 Å². The first kappa shape index (κ1) is 24.8. The van der Waals surface area contributed by atoms with Crippen LogP contribution in [0.4, 0.5) is 28.4 Å². The summed E-state index contributed by atoms with van der Waals surface area (Å²) in [5.74, 6) is 0.529. The molecule has 14 heteroatoms. The Morgan fingerprint density at radius 3 is 2.60 bits per heavy atom. The number of aryl methyl sites for hydroxylation is 1. The van der Waals surface area contributed by atoms with Crippen molar-refractivity contribution in [2.24, 2.45) is 0 Å². The van der Waals surface area contributed by atoms with Crippen molar-refractivity contribution in [3.63, 3.8) is 0 Å². The van der Waals surface area contributed by atoms with Gasteiger partial charge in [0.2, 0.25) is 5.95 Å². The maximum atomic E-state index is 11.4. The number of nitrogens with zero attached hydrogens (tertiary/aromatic N) is 5. The molecule has 12 nitrogen and oxygen atoms in total. The second-order valence-corrected chi connectivity index (χ2v) is 9.61. The van der Waals surface area contributed by atoms with Crippen molar-refractivity contribution < 1.29 is 23.4 Å². The average Bonchev–Trinajstić information content (AvgIpc) is 3.23. The lowest BCUT2D eigenvalue weighted by atomic mass is 10.2. The number of carbonyl (C=O) groups is 1. The Morgan fingerprint density at radius 2 is 1.97 bits per heavy atom. The number of nitrogens with one attached hydrogen (secondary N) is 2. The SMILES string of the molecule is Cc1nc(Nc2nc(NCc3ccc(N(C)S(=O)[O-])cc3)cc(N3CCOCC3)n2)sc1C(=O)O. The third kappa shape index (κ3) is 6.22. The lowest BCUT2D eigenvalue weighted by molar-refractivity contribution is 0.0701. The standard InChI is InChI=1S/C21H25N7O5S2/c1-13-18(19(29)30)34-21(23-13)26-20-24-16(11-17(25-20)28-7-9-33-10-8-28)22-12-14-3-5-15(6-4-14)27(2)35(31)32/h3-6,11H,7-10,12H2,1-2H3,(H,29,30)(H,31,32)(H2,22,23,24,25,26)/p-1. The fourth-order valence-electron chi connectivity index (χ4n) is 3.38. The van der Waals surface area contributed by atoms with Crippen LogP contribution in [0.15, 0.2) is 30.3 Å². The highest BCUT2D eigenvalue weighted by Gasteiger charge is 2.18. The number of thiazole rings is 1. The van der Waals surface area contributed by atoms with E-state index < -0.39 is 17.2 Å². The van der Waals surface area contributed by atoms with E-state index in [1.54, 1.807) is 19.1 Å². The number of benzene rings is 1. The van der Waals surface area contributed by atoms with Crippen LogP contribution in [0, 0.1) is 6.92 Å². The number of morpholine rings is 1. The van der Waals surface area contributed by atoms with Gasteiger partial charge < -0.3 is 28.9 Å². The lowest BCUT2D eigenvalue weighted by Gasteiger charge is -2.28. The predicted octanol–water partition coefficient (Wildman–Crippen LogP) is 2.36. The Labute approximate surface area is 208 Å². The van der Waals surface area contributed by atoms with Crippen LogP contribution in [0.1, 0.15) is 20.9 Å². The molecule has 1 aliphatic heterocycles. The molecule has 0 bridgehead atoms. The molecule has 0 saturated carbocycles. The zero-order chi connectivity index (χ0) is 24.9. The largest absolute Gasteiger partial charge is 0.755 e. The first-order chi connectivity index (χ1) is 16.8. The topological polar surface area (TPSA) is 156 Å². The molecule has 0 radical (unpaired) electrons. The Kier molecular flexibility index (Phi) is 7.75. The van der Waals surface area contributed by atoms with Crippen molar-refractivity contribution in [2.75, 3.05) is 53.2 Å². The zero-order valence-electron chi connectivity index (χ0n) is 19.1. The van der Waals surface area contributed by atoms with Gasteiger partial charge in [0.1, 0.15) is 16.5 Å². The van der Waals surface area contributed by atoms with Crippen LogP contribution in [0.5, 0.6) is 0 Å². The van der Waals surface area contributed by atoms with Gasteiger partial charge >= 0.3 is 5.97 Å². The molecule has 0 aliphatic carbocycles. The third-order valence-corrected chi connectivity index (χ3v) is 6.97. The molecule has 3 heterocycles. The summed E-state index contributed by atoms with van der Waals surface area (Å²) >= 11 is -1.31. The summed E-state index contributed by atoms with van der Waals surface area (Å²) in [4.78, 5) is 27.0. The summed E-state index contributed by atoms with van der Waals surface area (Å²) in [6.07, 6.45) is 0. The van der Waals surface area contributed by atoms with Gasteiger partial charge in [-0.3, -0.25) is 9.53 Å². The van der Waals surface area contributed by atoms with E-state index in [9.17, 15) is 18.7 Å². The van der Waals surface area contributed by atoms with E-state index in [4.69, 9.17) is 4.74 Å². The maximum absolute atomic E-state index is 11.4. The number of aromatic nitrogens is 3. The number of anilines is 5. The Morgan fingerprint density at radius 1 is 1.26 bits per heavy atom. The summed E-state index contributed by atoms with van der Waals surface area (Å²) in [6.45, 7) is 4.65. The van der Waals surface area contributed by atoms with Crippen LogP contribution in [0.3, 0.4) is 0 Å². The lowest BCUT2D eigenvalue weighted by Crippen LogP contribution is -2.36. The first-order valence-electron chi connectivity index (χ1n) is 10.7. The second-order valence-electron chi connectivity index (χ2n) is 7.63. The minimum absolute atomic E-state index is 0.157. The van der Waals surface area contributed by atoms with Crippen molar-refractivity contribution in [1.82, 2.24) is 15.0 Å². The Balaban J connectivity index is 1.54. The average molecular weight is 519 g/mol. The highest BCUT2D eigenvalue weighted by Crippen LogP contribution is 2.27. The number of aromatic carboxylic acids is 1. The monoisotopic (exact) mass is 518 g/mol. The third-order valence-electron chi connectivity index (χ3n) is 5.25. The van der Waals surface area contributed by atoms with Gasteiger partial charge in [0, 0.05) is 49.7 Å². The van der Waals surface area contributed by atoms with E-state index >= 15 is 0 Å². The number of hydrogen-bond donors (Lipinski definition) is 3. The summed E-state index contributed by atoms with van der Waals surface area (Å²) in [5.41, 5.74) is 1.91. The zero-order valence-corrected chi connectivity index (χ0v) is 20.7. The van der Waals surface area contributed by atoms with E-state index in [1.165, 1.54) is 7.05 Å². The smallest absolute Gasteiger partial charge is 0.347 e. The van der Waals surface area contributed by atoms with Crippen molar-refractivity contribution in [2.45, 2.75) is 13.5 Å². The molecule has 1 saturated heterocycles. The molecule has 35 heavy (non-hydrogen) atoms. The molecular formula is C21H24N7O5S2-. The van der Waals surface area contributed by atoms with Crippen LogP contribution >= 0.6 is 11.3 Å². The number of carboxylic acids is 1. The van der Waals surface area contributed by atoms with Gasteiger partial charge in [0.05, 0.1) is 18.9 Å². The first-order valence-corrected chi connectivity index (χ1v) is 12.5. The molecule has 0 spiro atoms. The van der Waals surface area contributed by atoms with Crippen LogP contribution in [-0.2, 0) is 22.5 Å². The highest BCUT2D eigenvalue weighted by atomic mass is 32.2. The number of ether oxygens (including phenoxy) is 1. The molecule has 3 aromatic rings. The van der Waals surface area contributed by atoms with Gasteiger partial charge in [-0.05, 0) is 24.6 Å². The Hall–Kier alpha value is -3.33. The van der Waals surface area contributed by atoms with Gasteiger partial charge in [-0.25, -0.2) is 9.78 Å². The van der Waals surface area contributed by atoms with Crippen LogP contribution in [0.2, 0.25) is 0 Å². The Bertz CT molecular complexity index is 1220.